The van der Waals surface area contributed by atoms with Gasteiger partial charge < -0.3 is 9.80 Å². The van der Waals surface area contributed by atoms with Gasteiger partial charge in [0.1, 0.15) is 0 Å². The van der Waals surface area contributed by atoms with Crippen LogP contribution in [0.2, 0.25) is 0 Å². The molecule has 10 heteroatoms. The van der Waals surface area contributed by atoms with Crippen LogP contribution in [0.15, 0.2) is 78.9 Å². The molecule has 1 aromatic heterocycles. The fraction of sp³-hybridized carbons (Fsp3) is 0.214. The predicted molar refractivity (Wildman–Crippen MR) is 136 cm³/mol. The summed E-state index contributed by atoms with van der Waals surface area (Å²) in [6.45, 7) is 3.51. The third-order valence-corrected chi connectivity index (χ3v) is 6.45. The Morgan fingerprint density at radius 3 is 2.13 bits per heavy atom. The summed E-state index contributed by atoms with van der Waals surface area (Å²) in [4.78, 5) is 33.1. The van der Waals surface area contributed by atoms with Gasteiger partial charge in [-0.25, -0.2) is 9.67 Å². The number of halogens is 3. The van der Waals surface area contributed by atoms with E-state index in [1.807, 2.05) is 18.2 Å². The number of hydrogen-bond donors (Lipinski definition) is 0. The minimum Gasteiger partial charge on any atom is -0.368 e. The van der Waals surface area contributed by atoms with E-state index in [1.165, 1.54) is 23.7 Å². The Morgan fingerprint density at radius 1 is 0.816 bits per heavy atom. The lowest BCUT2D eigenvalue weighted by Gasteiger charge is -2.35. The molecule has 0 bridgehead atoms. The molecule has 1 saturated heterocycles. The van der Waals surface area contributed by atoms with E-state index in [0.717, 1.165) is 17.8 Å². The molecule has 0 aliphatic carbocycles. The lowest BCUT2D eigenvalue weighted by atomic mass is 10.1. The van der Waals surface area contributed by atoms with E-state index in [1.54, 1.807) is 41.3 Å². The molecule has 0 radical (unpaired) electrons. The number of ketones is 1. The number of amides is 1. The maximum Gasteiger partial charge on any atom is 0.416 e. The first-order valence-electron chi connectivity index (χ1n) is 12.1. The second-order valence-electron chi connectivity index (χ2n) is 8.97. The largest absolute Gasteiger partial charge is 0.416 e. The summed E-state index contributed by atoms with van der Waals surface area (Å²) in [5.74, 6) is -0.198. The molecule has 5 rings (SSSR count). The third kappa shape index (κ3) is 5.15. The molecule has 0 spiro atoms. The standard InChI is InChI=1S/C28H24F3N5O2/c1-19(37)20-10-12-23(13-11-20)34-14-16-35(17-15-34)27(38)25-32-26(21-6-3-2-4-7-21)36(33-25)24-9-5-8-22(18-24)28(29,30)31/h2-13,18H,14-17H2,1H3. The van der Waals surface area contributed by atoms with Gasteiger partial charge in [-0.05, 0) is 49.4 Å². The van der Waals surface area contributed by atoms with E-state index in [-0.39, 0.29) is 29.0 Å². The van der Waals surface area contributed by atoms with E-state index in [2.05, 4.69) is 15.0 Å². The number of carbonyl (C=O) groups is 2. The smallest absolute Gasteiger partial charge is 0.368 e. The Kier molecular flexibility index (Phi) is 6.71. The molecule has 2 heterocycles. The van der Waals surface area contributed by atoms with E-state index in [4.69, 9.17) is 0 Å². The highest BCUT2D eigenvalue weighted by Crippen LogP contribution is 2.31. The van der Waals surface area contributed by atoms with Crippen molar-refractivity contribution >= 4 is 17.4 Å². The summed E-state index contributed by atoms with van der Waals surface area (Å²) in [7, 11) is 0. The van der Waals surface area contributed by atoms with Crippen LogP contribution in [0, 0.1) is 0 Å². The molecule has 1 aliphatic rings. The van der Waals surface area contributed by atoms with Crippen LogP contribution < -0.4 is 4.90 Å². The molecule has 38 heavy (non-hydrogen) atoms. The summed E-state index contributed by atoms with van der Waals surface area (Å²) in [6.07, 6.45) is -4.52. The van der Waals surface area contributed by atoms with E-state index < -0.39 is 11.7 Å². The summed E-state index contributed by atoms with van der Waals surface area (Å²) in [5, 5.41) is 4.36. The number of rotatable bonds is 5. The summed E-state index contributed by atoms with van der Waals surface area (Å²) >= 11 is 0. The molecule has 0 saturated carbocycles. The van der Waals surface area contributed by atoms with Gasteiger partial charge >= 0.3 is 6.18 Å². The van der Waals surface area contributed by atoms with Gasteiger partial charge in [0.25, 0.3) is 5.91 Å². The number of Topliss-reactive ketones (excluding diaryl/α,β-unsaturated/α-hetero) is 1. The van der Waals surface area contributed by atoms with Gasteiger partial charge in [-0.2, -0.15) is 13.2 Å². The molecule has 1 fully saturated rings. The van der Waals surface area contributed by atoms with E-state index >= 15 is 0 Å². The molecule has 7 nitrogen and oxygen atoms in total. The van der Waals surface area contributed by atoms with E-state index in [9.17, 15) is 22.8 Å². The zero-order valence-electron chi connectivity index (χ0n) is 20.5. The molecule has 4 aromatic rings. The van der Waals surface area contributed by atoms with Gasteiger partial charge in [0.15, 0.2) is 11.6 Å². The number of aromatic nitrogens is 3. The van der Waals surface area contributed by atoms with Crippen molar-refractivity contribution in [2.45, 2.75) is 13.1 Å². The Labute approximate surface area is 217 Å². The minimum atomic E-state index is -4.52. The van der Waals surface area contributed by atoms with Crippen molar-refractivity contribution in [3.8, 4) is 17.1 Å². The van der Waals surface area contributed by atoms with Crippen molar-refractivity contribution in [1.29, 1.82) is 0 Å². The quantitative estimate of drug-likeness (QED) is 0.343. The third-order valence-electron chi connectivity index (χ3n) is 6.45. The van der Waals surface area contributed by atoms with Crippen LogP contribution in [0.5, 0.6) is 0 Å². The number of piperazine rings is 1. The van der Waals surface area contributed by atoms with Crippen molar-refractivity contribution in [3.05, 3.63) is 95.8 Å². The zero-order valence-corrected chi connectivity index (χ0v) is 20.5. The van der Waals surface area contributed by atoms with Crippen LogP contribution in [-0.4, -0.2) is 57.5 Å². The van der Waals surface area contributed by atoms with Gasteiger partial charge in [0.05, 0.1) is 11.3 Å². The van der Waals surface area contributed by atoms with Gasteiger partial charge in [0, 0.05) is 43.0 Å². The molecule has 194 valence electrons. The lowest BCUT2D eigenvalue weighted by Crippen LogP contribution is -2.49. The zero-order chi connectivity index (χ0) is 26.9. The van der Waals surface area contributed by atoms with Crippen molar-refractivity contribution in [1.82, 2.24) is 19.7 Å². The average molecular weight is 520 g/mol. The fourth-order valence-electron chi connectivity index (χ4n) is 4.39. The minimum absolute atomic E-state index is 0.00101. The van der Waals surface area contributed by atoms with Gasteiger partial charge in [-0.3, -0.25) is 9.59 Å². The van der Waals surface area contributed by atoms with Gasteiger partial charge in [0.2, 0.25) is 5.82 Å². The summed E-state index contributed by atoms with van der Waals surface area (Å²) < 4.78 is 41.4. The highest BCUT2D eigenvalue weighted by molar-refractivity contribution is 5.94. The highest BCUT2D eigenvalue weighted by atomic mass is 19.4. The van der Waals surface area contributed by atoms with Crippen LogP contribution in [0.25, 0.3) is 17.1 Å². The van der Waals surface area contributed by atoms with Crippen LogP contribution in [0.4, 0.5) is 18.9 Å². The summed E-state index contributed by atoms with van der Waals surface area (Å²) in [5.41, 5.74) is 1.56. The normalized spacial score (nSPS) is 14.0. The average Bonchev–Trinajstić information content (AvgIpc) is 3.39. The first kappa shape index (κ1) is 25.2. The number of benzene rings is 3. The number of alkyl halides is 3. The molecule has 3 aromatic carbocycles. The van der Waals surface area contributed by atoms with Crippen LogP contribution in [-0.2, 0) is 6.18 Å². The molecule has 0 unspecified atom stereocenters. The van der Waals surface area contributed by atoms with Gasteiger partial charge in [-0.1, -0.05) is 36.4 Å². The molecule has 1 amide bonds. The van der Waals surface area contributed by atoms with E-state index in [0.29, 0.717) is 37.3 Å². The highest BCUT2D eigenvalue weighted by Gasteiger charge is 2.31. The van der Waals surface area contributed by atoms with Crippen LogP contribution in [0.1, 0.15) is 33.5 Å². The lowest BCUT2D eigenvalue weighted by molar-refractivity contribution is -0.137. The monoisotopic (exact) mass is 519 g/mol. The molecular weight excluding hydrogens is 495 g/mol. The van der Waals surface area contributed by atoms with Gasteiger partial charge in [-0.15, -0.1) is 5.10 Å². The maximum absolute atomic E-state index is 13.4. The van der Waals surface area contributed by atoms with Crippen molar-refractivity contribution in [2.24, 2.45) is 0 Å². The number of anilines is 1. The second-order valence-corrected chi connectivity index (χ2v) is 8.97. The van der Waals surface area contributed by atoms with Crippen molar-refractivity contribution in [3.63, 3.8) is 0 Å². The Balaban J connectivity index is 1.39. The first-order valence-corrected chi connectivity index (χ1v) is 12.1. The SMILES string of the molecule is CC(=O)c1ccc(N2CCN(C(=O)c3nc(-c4ccccc4)n(-c4cccc(C(F)(F)F)c4)n3)CC2)cc1. The van der Waals surface area contributed by atoms with Crippen molar-refractivity contribution < 1.29 is 22.8 Å². The molecule has 1 aliphatic heterocycles. The number of nitrogens with zero attached hydrogens (tertiary/aromatic N) is 5. The number of carbonyl (C=O) groups excluding carboxylic acids is 2. The second kappa shape index (κ2) is 10.1. The Hall–Kier alpha value is -4.47. The fourth-order valence-corrected chi connectivity index (χ4v) is 4.39. The molecular formula is C28H24F3N5O2. The van der Waals surface area contributed by atoms with Crippen LogP contribution in [0.3, 0.4) is 0 Å². The molecule has 0 atom stereocenters. The number of hydrogen-bond acceptors (Lipinski definition) is 5. The predicted octanol–water partition coefficient (Wildman–Crippen LogP) is 5.12. The topological polar surface area (TPSA) is 71.3 Å². The maximum atomic E-state index is 13.4. The van der Waals surface area contributed by atoms with Crippen LogP contribution >= 0.6 is 0 Å². The first-order chi connectivity index (χ1) is 18.2. The summed E-state index contributed by atoms with van der Waals surface area (Å²) in [6, 6.07) is 21.0. The Bertz CT molecular complexity index is 1460. The Morgan fingerprint density at radius 2 is 1.50 bits per heavy atom. The molecule has 0 N–H and O–H groups in total. The van der Waals surface area contributed by atoms with Crippen molar-refractivity contribution in [2.75, 3.05) is 31.1 Å².